The van der Waals surface area contributed by atoms with Crippen LogP contribution in [-0.4, -0.2) is 17.7 Å². The molecule has 0 aliphatic heterocycles. The topological polar surface area (TPSA) is 40.2 Å². The van der Waals surface area contributed by atoms with E-state index in [9.17, 15) is 0 Å². The molecule has 132 valence electrons. The molecule has 1 aromatic heterocycles. The summed E-state index contributed by atoms with van der Waals surface area (Å²) in [6.45, 7) is 5.72. The smallest absolute Gasteiger partial charge is 0.119 e. The number of benzene rings is 2. The lowest BCUT2D eigenvalue weighted by Crippen LogP contribution is -2.16. The maximum atomic E-state index is 6.18. The van der Waals surface area contributed by atoms with Gasteiger partial charge in [-0.05, 0) is 55.6 Å². The van der Waals surface area contributed by atoms with Gasteiger partial charge in [-0.15, -0.1) is 0 Å². The molecule has 3 rings (SSSR count). The molecule has 0 saturated carbocycles. The standard InChI is InChI=1S/C22H28N2O/c1-4-13-25-19-11-9-17(10-12-19)14-18(15-23)22-16(2)24(3)21-8-6-5-7-20(21)22/h5-12,18H,4,13-15,23H2,1-3H3. The summed E-state index contributed by atoms with van der Waals surface area (Å²) in [5.74, 6) is 1.25. The second-order valence-corrected chi connectivity index (χ2v) is 6.70. The molecule has 0 bridgehead atoms. The molecule has 2 N–H and O–H groups in total. The van der Waals surface area contributed by atoms with E-state index in [0.29, 0.717) is 12.5 Å². The predicted molar refractivity (Wildman–Crippen MR) is 105 cm³/mol. The van der Waals surface area contributed by atoms with E-state index in [0.717, 1.165) is 25.2 Å². The largest absolute Gasteiger partial charge is 0.494 e. The lowest BCUT2D eigenvalue weighted by atomic mass is 9.90. The Labute approximate surface area is 150 Å². The van der Waals surface area contributed by atoms with Crippen molar-refractivity contribution >= 4 is 10.9 Å². The number of rotatable bonds is 7. The van der Waals surface area contributed by atoms with Gasteiger partial charge >= 0.3 is 0 Å². The molecule has 25 heavy (non-hydrogen) atoms. The SMILES string of the molecule is CCCOc1ccc(CC(CN)c2c(C)n(C)c3ccccc23)cc1. The third-order valence-electron chi connectivity index (χ3n) is 5.02. The highest BCUT2D eigenvalue weighted by molar-refractivity contribution is 5.86. The number of aryl methyl sites for hydroxylation is 1. The van der Waals surface area contributed by atoms with Crippen molar-refractivity contribution in [1.82, 2.24) is 4.57 Å². The Morgan fingerprint density at radius 1 is 1.08 bits per heavy atom. The highest BCUT2D eigenvalue weighted by atomic mass is 16.5. The Morgan fingerprint density at radius 2 is 1.80 bits per heavy atom. The fraction of sp³-hybridized carbons (Fsp3) is 0.364. The molecule has 1 atom stereocenters. The molecule has 1 unspecified atom stereocenters. The highest BCUT2D eigenvalue weighted by Gasteiger charge is 2.20. The normalized spacial score (nSPS) is 12.5. The van der Waals surface area contributed by atoms with Crippen molar-refractivity contribution in [3.63, 3.8) is 0 Å². The number of hydrogen-bond donors (Lipinski definition) is 1. The monoisotopic (exact) mass is 336 g/mol. The maximum Gasteiger partial charge on any atom is 0.119 e. The van der Waals surface area contributed by atoms with Crippen LogP contribution in [0.1, 0.15) is 36.1 Å². The van der Waals surface area contributed by atoms with Crippen LogP contribution < -0.4 is 10.5 Å². The van der Waals surface area contributed by atoms with Crippen molar-refractivity contribution in [3.8, 4) is 5.75 Å². The Bertz CT molecular complexity index is 833. The number of nitrogens with zero attached hydrogens (tertiary/aromatic N) is 1. The summed E-state index contributed by atoms with van der Waals surface area (Å²) in [4.78, 5) is 0. The Morgan fingerprint density at radius 3 is 2.48 bits per heavy atom. The molecule has 0 amide bonds. The van der Waals surface area contributed by atoms with Gasteiger partial charge in [-0.1, -0.05) is 37.3 Å². The van der Waals surface area contributed by atoms with E-state index in [-0.39, 0.29) is 0 Å². The molecule has 1 heterocycles. The van der Waals surface area contributed by atoms with Gasteiger partial charge in [0.05, 0.1) is 6.61 Å². The van der Waals surface area contributed by atoms with Crippen molar-refractivity contribution in [2.24, 2.45) is 12.8 Å². The number of ether oxygens (including phenoxy) is 1. The van der Waals surface area contributed by atoms with Crippen molar-refractivity contribution in [2.45, 2.75) is 32.6 Å². The second kappa shape index (κ2) is 7.75. The average Bonchev–Trinajstić information content (AvgIpc) is 2.90. The summed E-state index contributed by atoms with van der Waals surface area (Å²) in [6.07, 6.45) is 1.97. The molecule has 0 radical (unpaired) electrons. The fourth-order valence-corrected chi connectivity index (χ4v) is 3.59. The zero-order valence-corrected chi connectivity index (χ0v) is 15.5. The highest BCUT2D eigenvalue weighted by Crippen LogP contribution is 2.33. The fourth-order valence-electron chi connectivity index (χ4n) is 3.59. The van der Waals surface area contributed by atoms with Crippen LogP contribution >= 0.6 is 0 Å². The maximum absolute atomic E-state index is 6.18. The van der Waals surface area contributed by atoms with E-state index in [4.69, 9.17) is 10.5 Å². The first-order valence-electron chi connectivity index (χ1n) is 9.11. The average molecular weight is 336 g/mol. The molecular formula is C22H28N2O. The number of hydrogen-bond acceptors (Lipinski definition) is 2. The van der Waals surface area contributed by atoms with Gasteiger partial charge in [0.2, 0.25) is 0 Å². The lowest BCUT2D eigenvalue weighted by Gasteiger charge is -2.17. The Hall–Kier alpha value is -2.26. The van der Waals surface area contributed by atoms with Gasteiger partial charge in [-0.25, -0.2) is 0 Å². The van der Waals surface area contributed by atoms with Crippen molar-refractivity contribution in [3.05, 3.63) is 65.4 Å². The van der Waals surface area contributed by atoms with Crippen molar-refractivity contribution in [2.75, 3.05) is 13.2 Å². The molecule has 0 spiro atoms. The Kier molecular flexibility index (Phi) is 5.44. The van der Waals surface area contributed by atoms with Gasteiger partial charge in [0.1, 0.15) is 5.75 Å². The minimum absolute atomic E-state index is 0.313. The first kappa shape index (κ1) is 17.6. The second-order valence-electron chi connectivity index (χ2n) is 6.70. The summed E-state index contributed by atoms with van der Waals surface area (Å²) in [7, 11) is 2.13. The van der Waals surface area contributed by atoms with Gasteiger partial charge in [-0.3, -0.25) is 0 Å². The first-order chi connectivity index (χ1) is 12.2. The van der Waals surface area contributed by atoms with Crippen LogP contribution in [0.2, 0.25) is 0 Å². The summed E-state index contributed by atoms with van der Waals surface area (Å²) >= 11 is 0. The molecule has 0 aliphatic rings. The van der Waals surface area contributed by atoms with Gasteiger partial charge in [0.15, 0.2) is 0 Å². The van der Waals surface area contributed by atoms with Crippen LogP contribution in [0, 0.1) is 6.92 Å². The molecule has 0 saturated heterocycles. The van der Waals surface area contributed by atoms with E-state index in [1.165, 1.54) is 27.7 Å². The predicted octanol–water partition coefficient (Wildman–Crippen LogP) is 4.56. The molecule has 0 fully saturated rings. The van der Waals surface area contributed by atoms with Gasteiger partial charge in [-0.2, -0.15) is 0 Å². The minimum atomic E-state index is 0.313. The van der Waals surface area contributed by atoms with E-state index in [2.05, 4.69) is 74.0 Å². The summed E-state index contributed by atoms with van der Waals surface area (Å²) in [5, 5.41) is 1.32. The summed E-state index contributed by atoms with van der Waals surface area (Å²) < 4.78 is 7.95. The molecular weight excluding hydrogens is 308 g/mol. The third-order valence-corrected chi connectivity index (χ3v) is 5.02. The van der Waals surface area contributed by atoms with Crippen LogP contribution in [0.25, 0.3) is 10.9 Å². The Balaban J connectivity index is 1.87. The molecule has 2 aromatic carbocycles. The number of fused-ring (bicyclic) bond motifs is 1. The van der Waals surface area contributed by atoms with E-state index < -0.39 is 0 Å². The molecule has 3 nitrogen and oxygen atoms in total. The van der Waals surface area contributed by atoms with Crippen LogP contribution in [0.4, 0.5) is 0 Å². The van der Waals surface area contributed by atoms with Crippen LogP contribution in [-0.2, 0) is 13.5 Å². The van der Waals surface area contributed by atoms with E-state index in [1.807, 2.05) is 0 Å². The molecule has 0 aliphatic carbocycles. The van der Waals surface area contributed by atoms with Gasteiger partial charge in [0, 0.05) is 29.6 Å². The number of aromatic nitrogens is 1. The molecule has 3 aromatic rings. The van der Waals surface area contributed by atoms with Crippen LogP contribution in [0.5, 0.6) is 5.75 Å². The van der Waals surface area contributed by atoms with Gasteiger partial charge in [0.25, 0.3) is 0 Å². The number of nitrogens with two attached hydrogens (primary N) is 1. The van der Waals surface area contributed by atoms with Crippen LogP contribution in [0.3, 0.4) is 0 Å². The zero-order chi connectivity index (χ0) is 17.8. The molecule has 3 heteroatoms. The first-order valence-corrected chi connectivity index (χ1v) is 9.11. The van der Waals surface area contributed by atoms with Gasteiger partial charge < -0.3 is 15.0 Å². The van der Waals surface area contributed by atoms with Crippen LogP contribution in [0.15, 0.2) is 48.5 Å². The number of para-hydroxylation sites is 1. The van der Waals surface area contributed by atoms with Crippen molar-refractivity contribution < 1.29 is 4.74 Å². The summed E-state index contributed by atoms with van der Waals surface area (Å²) in [6, 6.07) is 17.0. The lowest BCUT2D eigenvalue weighted by molar-refractivity contribution is 0.317. The minimum Gasteiger partial charge on any atom is -0.494 e. The van der Waals surface area contributed by atoms with E-state index in [1.54, 1.807) is 0 Å². The zero-order valence-electron chi connectivity index (χ0n) is 15.5. The quantitative estimate of drug-likeness (QED) is 0.687. The third kappa shape index (κ3) is 3.57. The van der Waals surface area contributed by atoms with Crippen molar-refractivity contribution in [1.29, 1.82) is 0 Å². The van der Waals surface area contributed by atoms with E-state index >= 15 is 0 Å². The summed E-state index contributed by atoms with van der Waals surface area (Å²) in [5.41, 5.74) is 11.4.